The van der Waals surface area contributed by atoms with Gasteiger partial charge in [-0.2, -0.15) is 0 Å². The summed E-state index contributed by atoms with van der Waals surface area (Å²) in [6, 6.07) is 6.07. The van der Waals surface area contributed by atoms with Gasteiger partial charge in [0.05, 0.1) is 0 Å². The molecule has 0 unspecified atom stereocenters. The summed E-state index contributed by atoms with van der Waals surface area (Å²) in [5, 5.41) is 5.43. The molecule has 0 aromatic carbocycles. The molecule has 2 heterocycles. The molecule has 0 amide bonds. The van der Waals surface area contributed by atoms with Crippen LogP contribution in [-0.2, 0) is 0 Å². The molecule has 1 aliphatic heterocycles. The Labute approximate surface area is 157 Å². The second-order valence-electron chi connectivity index (χ2n) is 7.95. The molecule has 1 aromatic rings. The Hall–Kier alpha value is 0.350. The van der Waals surface area contributed by atoms with E-state index in [-0.39, 0.29) is 0 Å². The van der Waals surface area contributed by atoms with Gasteiger partial charge in [-0.25, -0.2) is 0 Å². The van der Waals surface area contributed by atoms with E-state index in [4.69, 9.17) is 4.42 Å². The van der Waals surface area contributed by atoms with E-state index in [0.717, 1.165) is 0 Å². The summed E-state index contributed by atoms with van der Waals surface area (Å²) in [5.41, 5.74) is 0. The Morgan fingerprint density at radius 3 is 2.29 bits per heavy atom. The Morgan fingerprint density at radius 1 is 1.08 bits per heavy atom. The van der Waals surface area contributed by atoms with Crippen LogP contribution in [0.15, 0.2) is 16.5 Å². The number of nitrogens with zero attached hydrogens (tertiary/aromatic N) is 1. The minimum atomic E-state index is -1.93. The molecule has 0 radical (unpaired) electrons. The summed E-state index contributed by atoms with van der Waals surface area (Å²) >= 11 is 0.176. The predicted octanol–water partition coefficient (Wildman–Crippen LogP) is 4.35. The second kappa shape index (κ2) is 9.33. The number of furan rings is 1. The van der Waals surface area contributed by atoms with Crippen LogP contribution >= 0.6 is 11.8 Å². The van der Waals surface area contributed by atoms with Gasteiger partial charge in [-0.3, -0.25) is 0 Å². The molecule has 0 atom stereocenters. The first-order valence-corrected chi connectivity index (χ1v) is 19.7. The van der Waals surface area contributed by atoms with Gasteiger partial charge in [0.2, 0.25) is 0 Å². The van der Waals surface area contributed by atoms with E-state index in [1.807, 2.05) is 0 Å². The van der Waals surface area contributed by atoms with Crippen molar-refractivity contribution in [3.8, 4) is 0 Å². The second-order valence-corrected chi connectivity index (χ2v) is 24.8. The number of thioether (sulfide) groups is 1. The molecule has 5 heteroatoms. The van der Waals surface area contributed by atoms with E-state index in [1.165, 1.54) is 69.3 Å². The normalized spacial score (nSPS) is 17.4. The molecule has 0 N–H and O–H groups in total. The van der Waals surface area contributed by atoms with Crippen LogP contribution < -0.4 is 9.98 Å². The summed E-state index contributed by atoms with van der Waals surface area (Å²) < 4.78 is 7.98. The van der Waals surface area contributed by atoms with Crippen molar-refractivity contribution in [3.05, 3.63) is 12.1 Å². The van der Waals surface area contributed by atoms with Crippen molar-refractivity contribution in [2.75, 3.05) is 31.1 Å². The molecular weight excluding hydrogens is 391 g/mol. The zero-order valence-corrected chi connectivity index (χ0v) is 20.4. The first-order chi connectivity index (χ1) is 11.5. The molecule has 0 spiro atoms. The monoisotopic (exact) mass is 429 g/mol. The van der Waals surface area contributed by atoms with Gasteiger partial charge in [-0.1, -0.05) is 0 Å². The molecule has 2 nitrogen and oxygen atoms in total. The van der Waals surface area contributed by atoms with Crippen LogP contribution in [0.5, 0.6) is 0 Å². The SMILES string of the molecule is C[CH2][Ge]([CH2]C)([CH2]C)[c]1ccc([Si](C)(C)CCCN2CCSCC2)o1. The molecule has 1 aliphatic rings. The zero-order chi connectivity index (χ0) is 17.6. The molecule has 138 valence electrons. The van der Waals surface area contributed by atoms with E-state index in [1.54, 1.807) is 0 Å². The van der Waals surface area contributed by atoms with Crippen LogP contribution in [0.2, 0.25) is 34.9 Å². The van der Waals surface area contributed by atoms with Gasteiger partial charge in [0.15, 0.2) is 0 Å². The standard InChI is InChI=1S/C19H37GeNOSSi/c1-6-20(7-2,8-3)18-10-11-19(22-18)24(4,5)17-9-12-21-13-15-23-16-14-21/h10-11H,6-9,12-17H2,1-5H3. The van der Waals surface area contributed by atoms with Gasteiger partial charge in [0.1, 0.15) is 0 Å². The Morgan fingerprint density at radius 2 is 1.71 bits per heavy atom. The van der Waals surface area contributed by atoms with Gasteiger partial charge in [-0.15, -0.1) is 0 Å². The molecular formula is C19H37GeNOSSi. The fourth-order valence-corrected chi connectivity index (χ4v) is 14.3. The maximum atomic E-state index is 6.56. The van der Waals surface area contributed by atoms with E-state index in [9.17, 15) is 0 Å². The van der Waals surface area contributed by atoms with Crippen molar-refractivity contribution < 1.29 is 4.42 Å². The molecule has 0 bridgehead atoms. The maximum absolute atomic E-state index is 6.56. The molecule has 1 saturated heterocycles. The van der Waals surface area contributed by atoms with E-state index < -0.39 is 21.3 Å². The van der Waals surface area contributed by atoms with Crippen molar-refractivity contribution in [3.63, 3.8) is 0 Å². The topological polar surface area (TPSA) is 16.4 Å². The fraction of sp³-hybridized carbons (Fsp3) is 0.789. The van der Waals surface area contributed by atoms with Crippen molar-refractivity contribution in [2.45, 2.75) is 62.1 Å². The molecule has 2 rings (SSSR count). The third-order valence-electron chi connectivity index (χ3n) is 6.21. The first-order valence-electron chi connectivity index (χ1n) is 9.88. The van der Waals surface area contributed by atoms with E-state index in [2.05, 4.69) is 62.7 Å². The molecule has 24 heavy (non-hydrogen) atoms. The quantitative estimate of drug-likeness (QED) is 0.545. The predicted molar refractivity (Wildman–Crippen MR) is 116 cm³/mol. The average Bonchev–Trinajstić information content (AvgIpc) is 3.09. The molecule has 0 aliphatic carbocycles. The van der Waals surface area contributed by atoms with Crippen LogP contribution in [-0.4, -0.2) is 57.4 Å². The third kappa shape index (κ3) is 4.95. The van der Waals surface area contributed by atoms with Crippen molar-refractivity contribution >= 4 is 43.1 Å². The summed E-state index contributed by atoms with van der Waals surface area (Å²) in [6.07, 6.45) is 1.34. The number of hydrogen-bond acceptors (Lipinski definition) is 3. The van der Waals surface area contributed by atoms with Gasteiger partial charge >= 0.3 is 158 Å². The van der Waals surface area contributed by atoms with E-state index in [0.29, 0.717) is 0 Å². The number of hydrogen-bond donors (Lipinski definition) is 0. The van der Waals surface area contributed by atoms with Crippen molar-refractivity contribution in [1.82, 2.24) is 4.90 Å². The third-order valence-corrected chi connectivity index (χ3v) is 21.6. The fourth-order valence-electron chi connectivity index (χ4n) is 3.95. The van der Waals surface area contributed by atoms with E-state index >= 15 is 0 Å². The van der Waals surface area contributed by atoms with Crippen LogP contribution in [0.25, 0.3) is 0 Å². The summed E-state index contributed by atoms with van der Waals surface area (Å²) in [4.78, 5) is 2.65. The van der Waals surface area contributed by atoms with Crippen molar-refractivity contribution in [2.24, 2.45) is 0 Å². The Kier molecular flexibility index (Phi) is 8.03. The molecule has 0 saturated carbocycles. The summed E-state index contributed by atoms with van der Waals surface area (Å²) in [5.74, 6) is 2.64. The Bertz CT molecular complexity index is 487. The zero-order valence-electron chi connectivity index (χ0n) is 16.5. The summed E-state index contributed by atoms with van der Waals surface area (Å²) in [7, 11) is -1.43. The molecule has 1 aromatic heterocycles. The van der Waals surface area contributed by atoms with Crippen molar-refractivity contribution in [1.29, 1.82) is 0 Å². The Balaban J connectivity index is 1.96. The van der Waals surface area contributed by atoms with Gasteiger partial charge < -0.3 is 0 Å². The number of rotatable bonds is 9. The first kappa shape index (κ1) is 20.7. The average molecular weight is 428 g/mol. The van der Waals surface area contributed by atoms with Crippen LogP contribution in [0.3, 0.4) is 0 Å². The summed E-state index contributed by atoms with van der Waals surface area (Å²) in [6.45, 7) is 16.0. The minimum absolute atomic E-state index is 1.28. The van der Waals surface area contributed by atoms with Crippen LogP contribution in [0.4, 0.5) is 0 Å². The van der Waals surface area contributed by atoms with Crippen LogP contribution in [0.1, 0.15) is 27.2 Å². The van der Waals surface area contributed by atoms with Gasteiger partial charge in [0.25, 0.3) is 0 Å². The van der Waals surface area contributed by atoms with Gasteiger partial charge in [-0.05, 0) is 0 Å². The van der Waals surface area contributed by atoms with Crippen LogP contribution in [0, 0.1) is 0 Å². The molecule has 1 fully saturated rings. The van der Waals surface area contributed by atoms with Gasteiger partial charge in [0, 0.05) is 0 Å².